The Hall–Kier alpha value is -3.66. The molecule has 2 aromatic carbocycles. The third-order valence-electron chi connectivity index (χ3n) is 3.32. The number of amides is 1. The van der Waals surface area contributed by atoms with E-state index < -0.39 is 17.4 Å². The second-order valence-corrected chi connectivity index (χ2v) is 4.71. The minimum absolute atomic E-state index is 0.0526. The van der Waals surface area contributed by atoms with Crippen LogP contribution in [-0.2, 0) is 0 Å². The summed E-state index contributed by atoms with van der Waals surface area (Å²) in [6.45, 7) is 0. The van der Waals surface area contributed by atoms with Gasteiger partial charge < -0.3 is 10.4 Å². The quantitative estimate of drug-likeness (QED) is 0.567. The molecule has 23 heavy (non-hydrogen) atoms. The number of nitriles is 1. The molecule has 0 aliphatic heterocycles. The zero-order chi connectivity index (χ0) is 16.4. The Balaban J connectivity index is 2.16. The molecule has 112 valence electrons. The van der Waals surface area contributed by atoms with E-state index in [4.69, 9.17) is 0 Å². The molecule has 0 fully saturated rings. The first-order chi connectivity index (χ1) is 11.1. The van der Waals surface area contributed by atoms with E-state index in [1.165, 1.54) is 12.1 Å². The van der Waals surface area contributed by atoms with Crippen molar-refractivity contribution in [3.63, 3.8) is 0 Å². The smallest absolute Gasteiger partial charge is 0.386 e. The van der Waals surface area contributed by atoms with Gasteiger partial charge in [-0.15, -0.1) is 4.73 Å². The highest BCUT2D eigenvalue weighted by molar-refractivity contribution is 6.03. The molecule has 0 spiro atoms. The van der Waals surface area contributed by atoms with Crippen molar-refractivity contribution >= 4 is 22.8 Å². The van der Waals surface area contributed by atoms with Crippen LogP contribution in [0.4, 0.5) is 5.82 Å². The van der Waals surface area contributed by atoms with E-state index in [-0.39, 0.29) is 11.0 Å². The van der Waals surface area contributed by atoms with Gasteiger partial charge in [-0.1, -0.05) is 30.3 Å². The van der Waals surface area contributed by atoms with Crippen LogP contribution in [0.1, 0.15) is 16.1 Å². The molecule has 0 aliphatic carbocycles. The molecule has 7 heteroatoms. The number of hydrogen-bond acceptors (Lipinski definition) is 4. The fourth-order valence-corrected chi connectivity index (χ4v) is 2.22. The van der Waals surface area contributed by atoms with Crippen LogP contribution >= 0.6 is 0 Å². The third-order valence-corrected chi connectivity index (χ3v) is 3.32. The highest BCUT2D eigenvalue weighted by Gasteiger charge is 2.29. The molecule has 0 saturated heterocycles. The summed E-state index contributed by atoms with van der Waals surface area (Å²) in [7, 11) is 0. The van der Waals surface area contributed by atoms with Crippen LogP contribution in [0.15, 0.2) is 54.6 Å². The van der Waals surface area contributed by atoms with Gasteiger partial charge in [0, 0.05) is 6.07 Å². The minimum Gasteiger partial charge on any atom is -0.710 e. The lowest BCUT2D eigenvalue weighted by Gasteiger charge is -2.12. The first-order valence-electron chi connectivity index (χ1n) is 6.68. The number of fused-ring (bicyclic) bond motifs is 1. The van der Waals surface area contributed by atoms with Gasteiger partial charge in [0.1, 0.15) is 0 Å². The van der Waals surface area contributed by atoms with Crippen molar-refractivity contribution in [2.75, 3.05) is 5.32 Å². The predicted octanol–water partition coefficient (Wildman–Crippen LogP) is 1.23. The Morgan fingerprint density at radius 1 is 0.957 bits per heavy atom. The summed E-state index contributed by atoms with van der Waals surface area (Å²) in [6.07, 6.45) is 0. The first kappa shape index (κ1) is 14.3. The van der Waals surface area contributed by atoms with Crippen LogP contribution in [0.3, 0.4) is 0 Å². The van der Waals surface area contributed by atoms with Crippen LogP contribution in [0, 0.1) is 21.7 Å². The van der Waals surface area contributed by atoms with Crippen LogP contribution < -0.4 is 14.8 Å². The van der Waals surface area contributed by atoms with Gasteiger partial charge >= 0.3 is 17.4 Å². The molecule has 3 aromatic rings. The number of carbonyl (C=O) groups is 1. The lowest BCUT2D eigenvalue weighted by Crippen LogP contribution is -2.44. The SMILES string of the molecule is N#Cc1c(NC(=O)c2ccccc2)[n+]([O-])c2ccccc2[n+]1[O-]. The van der Waals surface area contributed by atoms with Gasteiger partial charge in [0.15, 0.2) is 6.07 Å². The maximum atomic E-state index is 12.4. The average molecular weight is 306 g/mol. The monoisotopic (exact) mass is 306 g/mol. The lowest BCUT2D eigenvalue weighted by atomic mass is 10.2. The Bertz CT molecular complexity index is 949. The maximum absolute atomic E-state index is 12.4. The fourth-order valence-electron chi connectivity index (χ4n) is 2.22. The molecule has 1 heterocycles. The van der Waals surface area contributed by atoms with Gasteiger partial charge in [-0.2, -0.15) is 10.6 Å². The van der Waals surface area contributed by atoms with Gasteiger partial charge in [-0.3, -0.25) is 0 Å². The highest BCUT2D eigenvalue weighted by Crippen LogP contribution is 2.13. The van der Waals surface area contributed by atoms with Gasteiger partial charge in [0.25, 0.3) is 5.52 Å². The van der Waals surface area contributed by atoms with Gasteiger partial charge in [0.2, 0.25) is 5.52 Å². The second-order valence-electron chi connectivity index (χ2n) is 4.71. The lowest BCUT2D eigenvalue weighted by molar-refractivity contribution is -0.620. The molecule has 0 radical (unpaired) electrons. The molecule has 0 unspecified atom stereocenters. The largest absolute Gasteiger partial charge is 0.710 e. The molecular weight excluding hydrogens is 296 g/mol. The third kappa shape index (κ3) is 2.38. The normalized spacial score (nSPS) is 10.2. The molecule has 1 amide bonds. The molecule has 3 rings (SSSR count). The number of para-hydroxylation sites is 2. The summed E-state index contributed by atoms with van der Waals surface area (Å²) in [5.41, 5.74) is -0.0494. The number of nitrogens with zero attached hydrogens (tertiary/aromatic N) is 3. The molecule has 7 nitrogen and oxygen atoms in total. The summed E-state index contributed by atoms with van der Waals surface area (Å²) in [6, 6.07) is 15.9. The van der Waals surface area contributed by atoms with E-state index in [0.29, 0.717) is 15.0 Å². The fraction of sp³-hybridized carbons (Fsp3) is 0. The summed E-state index contributed by atoms with van der Waals surface area (Å²) >= 11 is 0. The van der Waals surface area contributed by atoms with Crippen molar-refractivity contribution in [3.05, 3.63) is 76.3 Å². The summed E-state index contributed by atoms with van der Waals surface area (Å²) in [5, 5.41) is 36.2. The molecule has 1 aromatic heterocycles. The minimum atomic E-state index is -0.581. The van der Waals surface area contributed by atoms with Crippen molar-refractivity contribution in [3.8, 4) is 6.07 Å². The number of carbonyl (C=O) groups excluding carboxylic acids is 1. The molecule has 0 atom stereocenters. The van der Waals surface area contributed by atoms with Crippen LogP contribution in [-0.4, -0.2) is 5.91 Å². The zero-order valence-electron chi connectivity index (χ0n) is 11.8. The van der Waals surface area contributed by atoms with Crippen molar-refractivity contribution in [2.24, 2.45) is 0 Å². The standard InChI is InChI=1S/C16H10N4O3/c17-10-14-15(18-16(21)11-6-2-1-3-7-11)20(23)13-9-5-4-8-12(13)19(14)22/h1-9H,(H,18,21). The number of nitrogens with one attached hydrogen (secondary N) is 1. The van der Waals surface area contributed by atoms with Crippen molar-refractivity contribution in [1.82, 2.24) is 0 Å². The first-order valence-corrected chi connectivity index (χ1v) is 6.68. The molecular formula is C16H10N4O3. The van der Waals surface area contributed by atoms with Crippen molar-refractivity contribution in [2.45, 2.75) is 0 Å². The van der Waals surface area contributed by atoms with Gasteiger partial charge in [0.05, 0.1) is 5.56 Å². The maximum Gasteiger partial charge on any atom is 0.386 e. The van der Waals surface area contributed by atoms with E-state index in [1.54, 1.807) is 48.5 Å². The topological polar surface area (TPSA) is 107 Å². The molecule has 1 N–H and O–H groups in total. The number of anilines is 1. The van der Waals surface area contributed by atoms with Crippen molar-refractivity contribution in [1.29, 1.82) is 5.26 Å². The van der Waals surface area contributed by atoms with Crippen LogP contribution in [0.2, 0.25) is 0 Å². The predicted molar refractivity (Wildman–Crippen MR) is 81.0 cm³/mol. The van der Waals surface area contributed by atoms with E-state index in [0.717, 1.165) is 0 Å². The molecule has 0 aliphatic rings. The second kappa shape index (κ2) is 5.61. The highest BCUT2D eigenvalue weighted by atomic mass is 16.5. The van der Waals surface area contributed by atoms with Gasteiger partial charge in [-0.25, -0.2) is 9.52 Å². The number of benzene rings is 2. The summed E-state index contributed by atoms with van der Waals surface area (Å²) in [5.74, 6) is -0.975. The Morgan fingerprint density at radius 2 is 1.52 bits per heavy atom. The Kier molecular flexibility index (Phi) is 3.49. The van der Waals surface area contributed by atoms with E-state index in [9.17, 15) is 20.5 Å². The number of aromatic nitrogens is 2. The molecule has 0 saturated carbocycles. The van der Waals surface area contributed by atoms with Crippen molar-refractivity contribution < 1.29 is 14.3 Å². The zero-order valence-corrected chi connectivity index (χ0v) is 11.8. The summed E-state index contributed by atoms with van der Waals surface area (Å²) in [4.78, 5) is 12.2. The van der Waals surface area contributed by atoms with E-state index in [2.05, 4.69) is 5.32 Å². The van der Waals surface area contributed by atoms with Gasteiger partial charge in [-0.05, 0) is 18.2 Å². The molecule has 0 bridgehead atoms. The summed E-state index contributed by atoms with van der Waals surface area (Å²) < 4.78 is 0.716. The van der Waals surface area contributed by atoms with E-state index in [1.807, 2.05) is 0 Å². The Labute approximate surface area is 130 Å². The Morgan fingerprint density at radius 3 is 2.13 bits per heavy atom. The van der Waals surface area contributed by atoms with E-state index >= 15 is 0 Å². The van der Waals surface area contributed by atoms with Crippen LogP contribution in [0.5, 0.6) is 0 Å². The number of rotatable bonds is 2. The number of hydrogen-bond donors (Lipinski definition) is 1. The average Bonchev–Trinajstić information content (AvgIpc) is 2.60. The van der Waals surface area contributed by atoms with Crippen LogP contribution in [0.25, 0.3) is 11.0 Å².